The average molecular weight is 474 g/mol. The van der Waals surface area contributed by atoms with Crippen LogP contribution < -0.4 is 15.8 Å². The first-order valence-electron chi connectivity index (χ1n) is 10.4. The van der Waals surface area contributed by atoms with Gasteiger partial charge in [0.1, 0.15) is 10.6 Å². The first kappa shape index (κ1) is 26.0. The number of hydrogen-bond donors (Lipinski definition) is 3. The van der Waals surface area contributed by atoms with Crippen molar-refractivity contribution in [3.63, 3.8) is 0 Å². The maximum atomic E-state index is 13.4. The number of nitrogens with one attached hydrogen (secondary N) is 1. The van der Waals surface area contributed by atoms with Gasteiger partial charge >= 0.3 is 10.0 Å². The summed E-state index contributed by atoms with van der Waals surface area (Å²) in [5.74, 6) is -1.99. The van der Waals surface area contributed by atoms with E-state index < -0.39 is 44.4 Å². The summed E-state index contributed by atoms with van der Waals surface area (Å²) < 4.78 is 35.3. The molecule has 0 spiro atoms. The Morgan fingerprint density at radius 1 is 1.25 bits per heavy atom. The van der Waals surface area contributed by atoms with Gasteiger partial charge in [-0.05, 0) is 24.3 Å². The van der Waals surface area contributed by atoms with E-state index in [-0.39, 0.29) is 11.4 Å². The van der Waals surface area contributed by atoms with Crippen LogP contribution in [0.25, 0.3) is 0 Å². The van der Waals surface area contributed by atoms with Crippen molar-refractivity contribution >= 4 is 21.8 Å². The van der Waals surface area contributed by atoms with Crippen molar-refractivity contribution in [3.05, 3.63) is 24.3 Å². The molecule has 1 aromatic carbocycles. The summed E-state index contributed by atoms with van der Waals surface area (Å²) in [5, 5.41) is 14.0. The molecule has 1 heterocycles. The fourth-order valence-corrected chi connectivity index (χ4v) is 5.47. The molecular weight excluding hydrogens is 440 g/mol. The van der Waals surface area contributed by atoms with Gasteiger partial charge in [0, 0.05) is 32.1 Å². The molecular formula is C20H33N4O7S+. The number of nitrogens with zero attached hydrogens (tertiary/aromatic N) is 2. The molecule has 1 unspecified atom stereocenters. The minimum Gasteiger partial charge on any atom is -0.497 e. The zero-order valence-corrected chi connectivity index (χ0v) is 19.5. The monoisotopic (exact) mass is 473 g/mol. The lowest BCUT2D eigenvalue weighted by Crippen LogP contribution is -2.65. The maximum absolute atomic E-state index is 13.4. The van der Waals surface area contributed by atoms with E-state index in [1.807, 2.05) is 0 Å². The lowest BCUT2D eigenvalue weighted by molar-refractivity contribution is -1.01. The maximum Gasteiger partial charge on any atom is 0.358 e. The van der Waals surface area contributed by atoms with Crippen molar-refractivity contribution in [2.45, 2.75) is 24.8 Å². The first-order chi connectivity index (χ1) is 15.0. The van der Waals surface area contributed by atoms with Crippen LogP contribution in [-0.4, -0.2) is 93.5 Å². The predicted molar refractivity (Wildman–Crippen MR) is 115 cm³/mol. The van der Waals surface area contributed by atoms with Gasteiger partial charge in [0.25, 0.3) is 11.8 Å². The van der Waals surface area contributed by atoms with Crippen molar-refractivity contribution < 1.29 is 36.7 Å². The van der Waals surface area contributed by atoms with Gasteiger partial charge in [0.2, 0.25) is 12.6 Å². The minimum absolute atomic E-state index is 0.254. The van der Waals surface area contributed by atoms with Crippen LogP contribution in [0.2, 0.25) is 0 Å². The number of amides is 2. The smallest absolute Gasteiger partial charge is 0.358 e. The van der Waals surface area contributed by atoms with E-state index in [1.165, 1.54) is 31.4 Å². The summed E-state index contributed by atoms with van der Waals surface area (Å²) in [4.78, 5) is 26.7. The highest BCUT2D eigenvalue weighted by molar-refractivity contribution is 7.85. The summed E-state index contributed by atoms with van der Waals surface area (Å²) in [5.41, 5.74) is 5.47. The summed E-state index contributed by atoms with van der Waals surface area (Å²) in [7, 11) is -3.18. The topological polar surface area (TPSA) is 148 Å². The normalized spacial score (nSPS) is 18.0. The Balaban J connectivity index is 2.27. The largest absolute Gasteiger partial charge is 0.497 e. The van der Waals surface area contributed by atoms with Crippen LogP contribution in [0.4, 0.5) is 0 Å². The third-order valence-electron chi connectivity index (χ3n) is 5.36. The number of sulfonamides is 1. The molecule has 2 rings (SSSR count). The molecule has 1 fully saturated rings. The van der Waals surface area contributed by atoms with Crippen LogP contribution in [0.3, 0.4) is 0 Å². The number of quaternary nitrogens is 1. The van der Waals surface area contributed by atoms with E-state index in [0.717, 1.165) is 13.1 Å². The van der Waals surface area contributed by atoms with Gasteiger partial charge in [-0.1, -0.05) is 17.9 Å². The Morgan fingerprint density at radius 3 is 2.34 bits per heavy atom. The van der Waals surface area contributed by atoms with E-state index in [0.29, 0.717) is 25.5 Å². The number of benzene rings is 1. The molecule has 2 amide bonds. The van der Waals surface area contributed by atoms with E-state index in [9.17, 15) is 23.2 Å². The number of nitrogens with two attached hydrogens (primary N) is 1. The number of primary amides is 1. The van der Waals surface area contributed by atoms with Crippen LogP contribution in [0.15, 0.2) is 29.2 Å². The van der Waals surface area contributed by atoms with Crippen LogP contribution in [-0.2, 0) is 24.3 Å². The zero-order chi connectivity index (χ0) is 23.9. The molecule has 2 atom stereocenters. The van der Waals surface area contributed by atoms with Crippen molar-refractivity contribution in [2.75, 3.05) is 53.0 Å². The van der Waals surface area contributed by atoms with E-state index in [1.54, 1.807) is 13.8 Å². The Hall–Kier alpha value is -2.25. The van der Waals surface area contributed by atoms with Gasteiger partial charge in [0.15, 0.2) is 0 Å². The molecule has 4 N–H and O–H groups in total. The standard InChI is InChI=1S/C20H32N4O7S/c1-15(2)19(20(21)26)24(27,32(28,29)17-6-4-16(30-3)5-7-17)14-18(25)22-8-9-23-10-12-31-13-11-23/h4-7,15,19,27H,8-14H2,1-3H3,(H2-,21,22,25,26)/p+1/t19-,24?/m1/s1. The molecule has 0 saturated carbocycles. The Labute approximate surface area is 188 Å². The molecule has 32 heavy (non-hydrogen) atoms. The molecule has 0 bridgehead atoms. The zero-order valence-electron chi connectivity index (χ0n) is 18.7. The predicted octanol–water partition coefficient (Wildman–Crippen LogP) is -0.452. The number of carbonyl (C=O) groups is 2. The third kappa shape index (κ3) is 5.95. The van der Waals surface area contributed by atoms with Crippen LogP contribution in [0.1, 0.15) is 13.8 Å². The van der Waals surface area contributed by atoms with Crippen molar-refractivity contribution in [1.29, 1.82) is 0 Å². The minimum atomic E-state index is -4.61. The lowest BCUT2D eigenvalue weighted by atomic mass is 10.0. The summed E-state index contributed by atoms with van der Waals surface area (Å²) >= 11 is 0. The number of hydrogen-bond acceptors (Lipinski definition) is 8. The van der Waals surface area contributed by atoms with E-state index >= 15 is 0 Å². The Bertz CT molecular complexity index is 886. The number of carbonyl (C=O) groups excluding carboxylic acids is 2. The second kappa shape index (κ2) is 11.1. The highest BCUT2D eigenvalue weighted by Gasteiger charge is 2.55. The van der Waals surface area contributed by atoms with Crippen LogP contribution in [0, 0.1) is 5.92 Å². The molecule has 1 aliphatic heterocycles. The number of morpholine rings is 1. The number of hydroxylamine groups is 2. The van der Waals surface area contributed by atoms with E-state index in [2.05, 4.69) is 10.2 Å². The van der Waals surface area contributed by atoms with Gasteiger partial charge in [-0.15, -0.1) is 0 Å². The SMILES string of the molecule is COc1ccc(S(=O)(=O)[N+](O)(CC(=O)NCCN2CCOCC2)[C@@H](C(N)=O)C(C)C)cc1. The van der Waals surface area contributed by atoms with Crippen LogP contribution in [0.5, 0.6) is 5.75 Å². The quantitative estimate of drug-likeness (QED) is 0.289. The van der Waals surface area contributed by atoms with E-state index in [4.69, 9.17) is 15.2 Å². The van der Waals surface area contributed by atoms with Crippen molar-refractivity contribution in [3.8, 4) is 5.75 Å². The number of methoxy groups -OCH3 is 1. The molecule has 1 aliphatic rings. The van der Waals surface area contributed by atoms with Gasteiger partial charge in [-0.25, -0.2) is 0 Å². The van der Waals surface area contributed by atoms with Crippen LogP contribution >= 0.6 is 0 Å². The summed E-state index contributed by atoms with van der Waals surface area (Å²) in [6, 6.07) is 3.74. The molecule has 11 nitrogen and oxygen atoms in total. The summed E-state index contributed by atoms with van der Waals surface area (Å²) in [6.45, 7) is 5.72. The number of ether oxygens (including phenoxy) is 2. The van der Waals surface area contributed by atoms with Gasteiger partial charge in [0.05, 0.1) is 20.3 Å². The highest BCUT2D eigenvalue weighted by atomic mass is 32.2. The lowest BCUT2D eigenvalue weighted by Gasteiger charge is -2.35. The molecule has 1 aromatic rings. The second-order valence-electron chi connectivity index (χ2n) is 7.96. The summed E-state index contributed by atoms with van der Waals surface area (Å²) in [6.07, 6.45) is 0. The average Bonchev–Trinajstić information content (AvgIpc) is 2.73. The van der Waals surface area contributed by atoms with Gasteiger partial charge in [-0.3, -0.25) is 14.5 Å². The number of rotatable bonds is 11. The molecule has 180 valence electrons. The molecule has 0 aromatic heterocycles. The Morgan fingerprint density at radius 2 is 1.84 bits per heavy atom. The molecule has 0 aliphatic carbocycles. The highest BCUT2D eigenvalue weighted by Crippen LogP contribution is 2.30. The second-order valence-corrected chi connectivity index (χ2v) is 10.0. The third-order valence-corrected chi connectivity index (χ3v) is 7.41. The van der Waals surface area contributed by atoms with Gasteiger partial charge in [-0.2, -0.15) is 13.6 Å². The Kier molecular flexibility index (Phi) is 8.98. The van der Waals surface area contributed by atoms with Crippen molar-refractivity contribution in [1.82, 2.24) is 10.2 Å². The first-order valence-corrected chi connectivity index (χ1v) is 11.8. The van der Waals surface area contributed by atoms with Gasteiger partial charge < -0.3 is 20.5 Å². The fourth-order valence-electron chi connectivity index (χ4n) is 3.70. The molecule has 12 heteroatoms. The van der Waals surface area contributed by atoms with Crippen molar-refractivity contribution in [2.24, 2.45) is 11.7 Å². The molecule has 0 radical (unpaired) electrons. The fraction of sp³-hybridized carbons (Fsp3) is 0.600. The molecule has 1 saturated heterocycles.